The van der Waals surface area contributed by atoms with E-state index in [4.69, 9.17) is 4.74 Å². The van der Waals surface area contributed by atoms with Gasteiger partial charge in [-0.3, -0.25) is 0 Å². The van der Waals surface area contributed by atoms with E-state index in [1.165, 1.54) is 24.3 Å². The Hall–Kier alpha value is -1.36. The van der Waals surface area contributed by atoms with Crippen LogP contribution in [0.15, 0.2) is 29.2 Å². The van der Waals surface area contributed by atoms with Crippen LogP contribution in [-0.4, -0.2) is 62.9 Å². The highest BCUT2D eigenvalue weighted by molar-refractivity contribution is 7.89. The van der Waals surface area contributed by atoms with E-state index < -0.39 is 22.3 Å². The van der Waals surface area contributed by atoms with E-state index >= 15 is 0 Å². The molecule has 6 nitrogen and oxygen atoms in total. The average molecular weight is 420 g/mol. The Morgan fingerprint density at radius 1 is 1.18 bits per heavy atom. The van der Waals surface area contributed by atoms with Gasteiger partial charge in [0.25, 0.3) is 0 Å². The zero-order valence-electron chi connectivity index (χ0n) is 15.2. The van der Waals surface area contributed by atoms with Crippen LogP contribution in [0.3, 0.4) is 0 Å². The zero-order chi connectivity index (χ0) is 19.9. The molecule has 0 radical (unpaired) electrons. The summed E-state index contributed by atoms with van der Waals surface area (Å²) in [6.07, 6.45) is 2.77. The van der Waals surface area contributed by atoms with Crippen LogP contribution < -0.4 is 10.1 Å². The number of nitrogens with one attached hydrogen (secondary N) is 1. The maximum atomic E-state index is 14.1. The SMILES string of the molecule is O=S(=O)(c1ccc(OC(F)F)cc1)N1[C@@H]2CC[C@H]1CC(NCC1(F)COC1)C2. The fourth-order valence-electron chi connectivity index (χ4n) is 4.36. The predicted molar refractivity (Wildman–Crippen MR) is 94.6 cm³/mol. The number of ether oxygens (including phenoxy) is 2. The van der Waals surface area contributed by atoms with Crippen LogP contribution in [0.5, 0.6) is 5.75 Å². The molecule has 1 aromatic rings. The number of hydrogen-bond acceptors (Lipinski definition) is 5. The van der Waals surface area contributed by atoms with Gasteiger partial charge in [-0.2, -0.15) is 13.1 Å². The minimum atomic E-state index is -3.73. The van der Waals surface area contributed by atoms with Gasteiger partial charge in [0, 0.05) is 24.7 Å². The van der Waals surface area contributed by atoms with E-state index in [9.17, 15) is 21.6 Å². The van der Waals surface area contributed by atoms with Crippen LogP contribution in [0, 0.1) is 0 Å². The molecule has 0 amide bonds. The summed E-state index contributed by atoms with van der Waals surface area (Å²) in [7, 11) is -3.73. The maximum Gasteiger partial charge on any atom is 0.387 e. The lowest BCUT2D eigenvalue weighted by Crippen LogP contribution is -2.57. The highest BCUT2D eigenvalue weighted by Gasteiger charge is 2.48. The number of alkyl halides is 3. The van der Waals surface area contributed by atoms with Gasteiger partial charge in [0.15, 0.2) is 5.67 Å². The largest absolute Gasteiger partial charge is 0.435 e. The summed E-state index contributed by atoms with van der Waals surface area (Å²) in [6.45, 7) is -2.54. The first-order valence-electron chi connectivity index (χ1n) is 9.35. The van der Waals surface area contributed by atoms with Gasteiger partial charge < -0.3 is 14.8 Å². The number of benzene rings is 1. The molecule has 1 N–H and O–H groups in total. The number of sulfonamides is 1. The van der Waals surface area contributed by atoms with Crippen LogP contribution in [0.2, 0.25) is 0 Å². The van der Waals surface area contributed by atoms with Gasteiger partial charge in [-0.05, 0) is 49.9 Å². The van der Waals surface area contributed by atoms with Crippen molar-refractivity contribution in [1.82, 2.24) is 9.62 Å². The summed E-state index contributed by atoms with van der Waals surface area (Å²) in [5, 5.41) is 3.24. The van der Waals surface area contributed by atoms with Gasteiger partial charge in [-0.1, -0.05) is 0 Å². The molecular weight excluding hydrogens is 397 g/mol. The van der Waals surface area contributed by atoms with Crippen molar-refractivity contribution in [3.63, 3.8) is 0 Å². The Morgan fingerprint density at radius 3 is 2.29 bits per heavy atom. The summed E-state index contributed by atoms with van der Waals surface area (Å²) in [4.78, 5) is 0.0618. The van der Waals surface area contributed by atoms with Crippen molar-refractivity contribution in [2.24, 2.45) is 0 Å². The van der Waals surface area contributed by atoms with Crippen LogP contribution >= 0.6 is 0 Å². The van der Waals surface area contributed by atoms with Gasteiger partial charge in [0.05, 0.1) is 18.1 Å². The van der Waals surface area contributed by atoms with Gasteiger partial charge in [-0.25, -0.2) is 12.8 Å². The first-order valence-corrected chi connectivity index (χ1v) is 10.8. The summed E-state index contributed by atoms with van der Waals surface area (Å²) in [5.74, 6) is -0.0834. The Bertz CT molecular complexity index is 788. The van der Waals surface area contributed by atoms with E-state index in [-0.39, 0.29) is 48.5 Å². The summed E-state index contributed by atoms with van der Waals surface area (Å²) in [5.41, 5.74) is -1.32. The van der Waals surface area contributed by atoms with Gasteiger partial charge in [-0.15, -0.1) is 0 Å². The molecule has 0 saturated carbocycles. The average Bonchev–Trinajstić information content (AvgIpc) is 2.90. The molecule has 4 rings (SSSR count). The highest BCUT2D eigenvalue weighted by Crippen LogP contribution is 2.40. The number of piperidine rings is 1. The lowest BCUT2D eigenvalue weighted by molar-refractivity contribution is -0.128. The van der Waals surface area contributed by atoms with Gasteiger partial charge >= 0.3 is 6.61 Å². The number of nitrogens with zero attached hydrogens (tertiary/aromatic N) is 1. The number of fused-ring (bicyclic) bond motifs is 2. The molecule has 10 heteroatoms. The molecule has 3 aliphatic heterocycles. The van der Waals surface area contributed by atoms with Gasteiger partial charge in [0.2, 0.25) is 10.0 Å². The first-order chi connectivity index (χ1) is 13.3. The zero-order valence-corrected chi connectivity index (χ0v) is 16.0. The standard InChI is InChI=1S/C18H23F3N2O4S/c19-17(20)27-15-3-5-16(6-4-15)28(24,25)23-13-1-2-14(23)8-12(7-13)22-9-18(21)10-26-11-18/h3-6,12-14,17,22H,1-2,7-11H2/t12?,13-,14+. The van der Waals surface area contributed by atoms with Crippen molar-refractivity contribution in [2.45, 2.75) is 61.0 Å². The quantitative estimate of drug-likeness (QED) is 0.733. The van der Waals surface area contributed by atoms with E-state index in [1.54, 1.807) is 4.31 Å². The predicted octanol–water partition coefficient (Wildman–Crippen LogP) is 2.30. The van der Waals surface area contributed by atoms with Gasteiger partial charge in [0.1, 0.15) is 5.75 Å². The Labute approximate surface area is 162 Å². The van der Waals surface area contributed by atoms with Crippen LogP contribution in [0.1, 0.15) is 25.7 Å². The third kappa shape index (κ3) is 3.87. The fraction of sp³-hybridized carbons (Fsp3) is 0.667. The Kier molecular flexibility index (Phi) is 5.32. The molecule has 1 unspecified atom stereocenters. The van der Waals surface area contributed by atoms with E-state index in [0.29, 0.717) is 12.8 Å². The molecule has 28 heavy (non-hydrogen) atoms. The topological polar surface area (TPSA) is 67.9 Å². The Balaban J connectivity index is 1.43. The molecule has 3 fully saturated rings. The van der Waals surface area contributed by atoms with Crippen molar-refractivity contribution in [1.29, 1.82) is 0 Å². The van der Waals surface area contributed by atoms with Crippen LogP contribution in [-0.2, 0) is 14.8 Å². The molecule has 0 spiro atoms. The molecule has 3 heterocycles. The minimum Gasteiger partial charge on any atom is -0.435 e. The minimum absolute atomic E-state index is 0.0618. The van der Waals surface area contributed by atoms with Crippen molar-refractivity contribution < 1.29 is 31.1 Å². The number of halogens is 3. The monoisotopic (exact) mass is 420 g/mol. The van der Waals surface area contributed by atoms with E-state index in [1.807, 2.05) is 0 Å². The second kappa shape index (κ2) is 7.47. The molecule has 0 aliphatic carbocycles. The maximum absolute atomic E-state index is 14.1. The Morgan fingerprint density at radius 2 is 1.79 bits per heavy atom. The van der Waals surface area contributed by atoms with Crippen molar-refractivity contribution >= 4 is 10.0 Å². The summed E-state index contributed by atoms with van der Waals surface area (Å²) < 4.78 is 75.6. The van der Waals surface area contributed by atoms with Crippen molar-refractivity contribution in [3.05, 3.63) is 24.3 Å². The molecule has 0 aromatic heterocycles. The summed E-state index contributed by atoms with van der Waals surface area (Å²) >= 11 is 0. The lowest BCUT2D eigenvalue weighted by atomic mass is 9.98. The second-order valence-electron chi connectivity index (χ2n) is 7.76. The molecule has 1 aromatic carbocycles. The summed E-state index contributed by atoms with van der Waals surface area (Å²) in [6, 6.07) is 4.82. The first kappa shape index (κ1) is 19.9. The molecule has 3 aliphatic rings. The molecule has 3 atom stereocenters. The second-order valence-corrected chi connectivity index (χ2v) is 9.61. The van der Waals surface area contributed by atoms with Crippen LogP contribution in [0.25, 0.3) is 0 Å². The molecule has 2 bridgehead atoms. The molecular formula is C18H23F3N2O4S. The normalized spacial score (nSPS) is 29.6. The number of hydrogen-bond donors (Lipinski definition) is 1. The molecule has 3 saturated heterocycles. The highest BCUT2D eigenvalue weighted by atomic mass is 32.2. The van der Waals surface area contributed by atoms with Crippen LogP contribution in [0.4, 0.5) is 13.2 Å². The fourth-order valence-corrected chi connectivity index (χ4v) is 6.25. The van der Waals surface area contributed by atoms with Crippen molar-refractivity contribution in [2.75, 3.05) is 19.8 Å². The smallest absolute Gasteiger partial charge is 0.387 e. The van der Waals surface area contributed by atoms with Crippen molar-refractivity contribution in [3.8, 4) is 5.75 Å². The van der Waals surface area contributed by atoms with E-state index in [2.05, 4.69) is 10.1 Å². The van der Waals surface area contributed by atoms with E-state index in [0.717, 1.165) is 12.8 Å². The third-order valence-corrected chi connectivity index (χ3v) is 7.74. The molecule has 156 valence electrons. The third-order valence-electron chi connectivity index (χ3n) is 5.72. The lowest BCUT2D eigenvalue weighted by Gasteiger charge is -2.40. The number of rotatable bonds is 7.